The molecular weight excluding hydrogens is 624 g/mol. The van der Waals surface area contributed by atoms with Gasteiger partial charge < -0.3 is 39.8 Å². The highest BCUT2D eigenvalue weighted by Gasteiger charge is 2.38. The molecule has 3 rings (SSSR count). The van der Waals surface area contributed by atoms with Crippen molar-refractivity contribution in [2.24, 2.45) is 22.7 Å². The van der Waals surface area contributed by atoms with Crippen molar-refractivity contribution in [2.45, 2.75) is 65.0 Å². The Bertz CT molecular complexity index is 1410. The fourth-order valence-electron chi connectivity index (χ4n) is 5.80. The fourth-order valence-corrected chi connectivity index (χ4v) is 5.80. The molecule has 2 bridgehead atoms. The van der Waals surface area contributed by atoms with E-state index in [0.29, 0.717) is 38.3 Å². The monoisotopic (exact) mass is 672 g/mol. The van der Waals surface area contributed by atoms with E-state index in [1.54, 1.807) is 37.1 Å². The summed E-state index contributed by atoms with van der Waals surface area (Å²) >= 11 is 0. The first-order chi connectivity index (χ1) is 22.8. The summed E-state index contributed by atoms with van der Waals surface area (Å²) < 4.78 is 27.5. The lowest BCUT2D eigenvalue weighted by molar-refractivity contribution is -0.121. The van der Waals surface area contributed by atoms with E-state index in [1.807, 2.05) is 6.92 Å². The number of nitrogens with one attached hydrogen (secondary N) is 1. The number of allylic oxidation sites excluding steroid dienone is 4. The molecule has 6 atom stereocenters. The van der Waals surface area contributed by atoms with Crippen molar-refractivity contribution in [1.82, 2.24) is 10.3 Å². The number of hydrogen-bond donors (Lipinski definition) is 3. The van der Waals surface area contributed by atoms with Crippen LogP contribution in [-0.2, 0) is 38.1 Å². The number of amides is 2. The zero-order valence-corrected chi connectivity index (χ0v) is 28.7. The van der Waals surface area contributed by atoms with Crippen LogP contribution in [0.1, 0.15) is 40.5 Å². The Morgan fingerprint density at radius 2 is 1.79 bits per heavy atom. The molecule has 2 heterocycles. The molecule has 1 fully saturated rings. The summed E-state index contributed by atoms with van der Waals surface area (Å²) in [5, 5.41) is 20.1. The zero-order chi connectivity index (χ0) is 35.5. The summed E-state index contributed by atoms with van der Waals surface area (Å²) in [4.78, 5) is 53.2. The highest BCUT2D eigenvalue weighted by Crippen LogP contribution is 2.31. The van der Waals surface area contributed by atoms with Crippen LogP contribution in [0.5, 0.6) is 0 Å². The number of Topliss-reactive ketones (excluding diaryl/α,β-unsaturated/α-hetero) is 2. The number of methoxy groups -OCH3 is 3. The van der Waals surface area contributed by atoms with Crippen molar-refractivity contribution in [2.75, 3.05) is 47.6 Å². The summed E-state index contributed by atoms with van der Waals surface area (Å²) in [6.07, 6.45) is 3.60. The van der Waals surface area contributed by atoms with Crippen LogP contribution >= 0.6 is 0 Å². The Kier molecular flexibility index (Phi) is 14.3. The number of morpholine rings is 1. The molecule has 2 aliphatic heterocycles. The molecule has 0 aromatic heterocycles. The van der Waals surface area contributed by atoms with Crippen LogP contribution in [0.2, 0.25) is 0 Å². The molecule has 3 aliphatic rings. The summed E-state index contributed by atoms with van der Waals surface area (Å²) in [7, 11) is 4.22. The molecule has 48 heavy (non-hydrogen) atoms. The predicted octanol–water partition coefficient (Wildman–Crippen LogP) is 2.10. The molecule has 14 heteroatoms. The minimum absolute atomic E-state index is 0.0933. The van der Waals surface area contributed by atoms with E-state index in [1.165, 1.54) is 40.5 Å². The van der Waals surface area contributed by atoms with Gasteiger partial charge in [0, 0.05) is 31.3 Å². The number of nitrogens with two attached hydrogens (primary N) is 1. The van der Waals surface area contributed by atoms with Crippen LogP contribution in [-0.4, -0.2) is 112 Å². The molecule has 0 spiro atoms. The molecule has 0 saturated carbocycles. The smallest absolute Gasteiger partial charge is 0.405 e. The SMILES string of the molecule is COC1=C2CC(C)CC(OC)[C@@H](O)[C@H](C)/C=C(\C)[C@@H](OC(N)=O)[C@H](OC)/C=C/C=C(/C)C(=O)NC(=C(/C=N/N3CCOCC3)C1=O)C2=O. The van der Waals surface area contributed by atoms with Gasteiger partial charge in [0.05, 0.1) is 57.4 Å². The number of ketones is 2. The van der Waals surface area contributed by atoms with Gasteiger partial charge >= 0.3 is 6.09 Å². The number of nitrogens with zero attached hydrogens (tertiary/aromatic N) is 2. The minimum Gasteiger partial charge on any atom is -0.492 e. The fraction of sp³-hybridized carbons (Fsp3) is 0.559. The van der Waals surface area contributed by atoms with E-state index in [-0.39, 0.29) is 40.5 Å². The summed E-state index contributed by atoms with van der Waals surface area (Å²) in [5.41, 5.74) is 5.91. The molecule has 0 aromatic carbocycles. The third kappa shape index (κ3) is 9.72. The van der Waals surface area contributed by atoms with E-state index in [9.17, 15) is 24.3 Å². The first-order valence-electron chi connectivity index (χ1n) is 15.8. The number of aliphatic hydroxyl groups is 1. The van der Waals surface area contributed by atoms with E-state index < -0.39 is 53.9 Å². The van der Waals surface area contributed by atoms with Crippen LogP contribution in [0.25, 0.3) is 0 Å². The number of hydrogen-bond acceptors (Lipinski definition) is 12. The van der Waals surface area contributed by atoms with Gasteiger partial charge in [-0.15, -0.1) is 0 Å². The van der Waals surface area contributed by atoms with Gasteiger partial charge in [0.1, 0.15) is 11.8 Å². The standard InChI is InChI=1S/C34H48N4O10/c1-19-15-23-29(40)27(24(30(41)32(23)46-7)18-36-38-11-13-47-14-12-38)37-33(42)20(2)9-8-10-25(44-5)31(48-34(35)43)22(4)17-21(3)28(39)26(16-19)45-6/h8-10,17-19,21,25-26,28,31,39H,11-16H2,1-7H3,(H2,35,43)(H,37,42)/b10-8+,20-9-,22-17+,36-18+/t19?,21-,25-,26?,28+,31-/m1/s1. The van der Waals surface area contributed by atoms with Crippen LogP contribution in [0.15, 0.2) is 63.2 Å². The van der Waals surface area contributed by atoms with Gasteiger partial charge in [-0.05, 0) is 38.2 Å². The molecule has 1 saturated heterocycles. The lowest BCUT2D eigenvalue weighted by Gasteiger charge is -2.30. The highest BCUT2D eigenvalue weighted by molar-refractivity contribution is 6.32. The number of hydrazone groups is 1. The molecule has 1 aliphatic carbocycles. The molecule has 2 amide bonds. The van der Waals surface area contributed by atoms with Crippen molar-refractivity contribution < 1.29 is 48.0 Å². The van der Waals surface area contributed by atoms with E-state index in [2.05, 4.69) is 10.4 Å². The lowest BCUT2D eigenvalue weighted by Crippen LogP contribution is -2.38. The summed E-state index contributed by atoms with van der Waals surface area (Å²) in [6, 6.07) is 0. The molecule has 14 nitrogen and oxygen atoms in total. The minimum atomic E-state index is -1.01. The molecule has 4 N–H and O–H groups in total. The Morgan fingerprint density at radius 1 is 1.10 bits per heavy atom. The van der Waals surface area contributed by atoms with Crippen LogP contribution in [0.4, 0.5) is 4.79 Å². The summed E-state index contributed by atoms with van der Waals surface area (Å²) in [5.74, 6) is -2.70. The van der Waals surface area contributed by atoms with Crippen LogP contribution in [0, 0.1) is 11.8 Å². The number of primary amides is 1. The van der Waals surface area contributed by atoms with Gasteiger partial charge in [-0.2, -0.15) is 5.10 Å². The van der Waals surface area contributed by atoms with Crippen LogP contribution in [0.3, 0.4) is 0 Å². The van der Waals surface area contributed by atoms with Gasteiger partial charge in [-0.25, -0.2) is 4.79 Å². The number of carbonyl (C=O) groups excluding carboxylic acids is 4. The van der Waals surface area contributed by atoms with Gasteiger partial charge in [0.15, 0.2) is 11.9 Å². The van der Waals surface area contributed by atoms with Crippen molar-refractivity contribution in [3.8, 4) is 0 Å². The zero-order valence-electron chi connectivity index (χ0n) is 28.7. The third-order valence-corrected chi connectivity index (χ3v) is 8.48. The third-order valence-electron chi connectivity index (χ3n) is 8.48. The molecule has 264 valence electrons. The Labute approximate surface area is 281 Å². The number of fused-ring (bicyclic) bond motifs is 2. The second-order valence-corrected chi connectivity index (χ2v) is 12.1. The first kappa shape index (κ1) is 38.3. The van der Waals surface area contributed by atoms with E-state index in [4.69, 9.17) is 29.4 Å². The normalized spacial score (nSPS) is 31.6. The average Bonchev–Trinajstić information content (AvgIpc) is 3.06. The predicted molar refractivity (Wildman–Crippen MR) is 176 cm³/mol. The van der Waals surface area contributed by atoms with Gasteiger partial charge in [-0.3, -0.25) is 19.4 Å². The largest absolute Gasteiger partial charge is 0.492 e. The van der Waals surface area contributed by atoms with Crippen molar-refractivity contribution in [1.29, 1.82) is 0 Å². The highest BCUT2D eigenvalue weighted by atomic mass is 16.6. The maximum atomic E-state index is 14.1. The van der Waals surface area contributed by atoms with E-state index >= 15 is 0 Å². The van der Waals surface area contributed by atoms with Gasteiger partial charge in [0.2, 0.25) is 11.6 Å². The Hall–Kier alpha value is -4.11. The van der Waals surface area contributed by atoms with Crippen molar-refractivity contribution in [3.63, 3.8) is 0 Å². The van der Waals surface area contributed by atoms with Gasteiger partial charge in [-0.1, -0.05) is 38.2 Å². The number of rotatable bonds is 6. The van der Waals surface area contributed by atoms with Gasteiger partial charge in [0.25, 0.3) is 5.91 Å². The number of aliphatic hydroxyl groups excluding tert-OH is 1. The second-order valence-electron chi connectivity index (χ2n) is 12.1. The topological polar surface area (TPSA) is 188 Å². The maximum Gasteiger partial charge on any atom is 0.405 e. The van der Waals surface area contributed by atoms with Crippen molar-refractivity contribution in [3.05, 3.63) is 58.1 Å². The Morgan fingerprint density at radius 3 is 2.40 bits per heavy atom. The Balaban J connectivity index is 2.15. The van der Waals surface area contributed by atoms with Crippen LogP contribution < -0.4 is 11.1 Å². The second kappa shape index (κ2) is 17.9. The molecule has 2 unspecified atom stereocenters. The quantitative estimate of drug-likeness (QED) is 0.213. The average molecular weight is 673 g/mol. The maximum absolute atomic E-state index is 14.1. The summed E-state index contributed by atoms with van der Waals surface area (Å²) in [6.45, 7) is 8.82. The number of carbonyl (C=O) groups is 4. The first-order valence-corrected chi connectivity index (χ1v) is 15.8. The van der Waals surface area contributed by atoms with Crippen molar-refractivity contribution >= 4 is 29.8 Å². The molecular formula is C34H48N4O10. The number of ether oxygens (including phenoxy) is 5. The van der Waals surface area contributed by atoms with E-state index in [0.717, 1.165) is 0 Å². The lowest BCUT2D eigenvalue weighted by atomic mass is 9.84. The molecule has 0 aromatic rings. The molecule has 0 radical (unpaired) electrons.